The van der Waals surface area contributed by atoms with Gasteiger partial charge in [-0.1, -0.05) is 6.42 Å². The van der Waals surface area contributed by atoms with E-state index in [1.165, 1.54) is 45.2 Å². The van der Waals surface area contributed by atoms with E-state index in [0.29, 0.717) is 24.6 Å². The topological polar surface area (TPSA) is 79.0 Å². The van der Waals surface area contributed by atoms with Crippen LogP contribution >= 0.6 is 0 Å². The standard InChI is InChI=1S/C23H29N3O4/c27-21-10-9-19(22(28)24-21)26-14-15-13-16(7-8-17(15)23(26)29)30-20-6-4-5-18(20)25-11-2-1-3-12-25/h7-8,13,18-20H,1-6,9-12,14H2,(H,24,27,28)/t18-,19?,20-/m1/s1. The van der Waals surface area contributed by atoms with Crippen molar-refractivity contribution < 1.29 is 19.1 Å². The summed E-state index contributed by atoms with van der Waals surface area (Å²) < 4.78 is 6.42. The van der Waals surface area contributed by atoms with Gasteiger partial charge in [0.1, 0.15) is 17.9 Å². The second kappa shape index (κ2) is 8.02. The molecule has 1 unspecified atom stereocenters. The minimum Gasteiger partial charge on any atom is -0.489 e. The highest BCUT2D eigenvalue weighted by Gasteiger charge is 2.39. The van der Waals surface area contributed by atoms with Crippen LogP contribution in [-0.4, -0.2) is 58.8 Å². The average molecular weight is 412 g/mol. The van der Waals surface area contributed by atoms with Gasteiger partial charge in [-0.15, -0.1) is 0 Å². The normalized spacial score (nSPS) is 29.8. The summed E-state index contributed by atoms with van der Waals surface area (Å²) in [6.45, 7) is 2.73. The molecule has 0 radical (unpaired) electrons. The van der Waals surface area contributed by atoms with Crippen molar-refractivity contribution in [2.75, 3.05) is 13.1 Å². The highest BCUT2D eigenvalue weighted by atomic mass is 16.5. The summed E-state index contributed by atoms with van der Waals surface area (Å²) in [6.07, 6.45) is 8.19. The van der Waals surface area contributed by atoms with Crippen LogP contribution < -0.4 is 10.1 Å². The fourth-order valence-corrected chi connectivity index (χ4v) is 5.51. The number of carbonyl (C=O) groups is 3. The predicted molar refractivity (Wildman–Crippen MR) is 110 cm³/mol. The molecule has 4 aliphatic rings. The SMILES string of the molecule is O=C1CCC(N2Cc3cc(O[C@@H]4CCC[C@H]4N4CCCCC4)ccc3C2=O)C(=O)N1. The van der Waals surface area contributed by atoms with Crippen molar-refractivity contribution in [1.82, 2.24) is 15.1 Å². The van der Waals surface area contributed by atoms with E-state index in [0.717, 1.165) is 17.7 Å². The van der Waals surface area contributed by atoms with Gasteiger partial charge in [0.15, 0.2) is 0 Å². The molecule has 5 rings (SSSR count). The fraction of sp³-hybridized carbons (Fsp3) is 0.609. The molecule has 1 saturated carbocycles. The van der Waals surface area contributed by atoms with Gasteiger partial charge in [0.2, 0.25) is 11.8 Å². The number of carbonyl (C=O) groups excluding carboxylic acids is 3. The summed E-state index contributed by atoms with van der Waals surface area (Å²) in [6, 6.07) is 5.58. The molecule has 1 N–H and O–H groups in total. The minimum atomic E-state index is -0.578. The first-order valence-electron chi connectivity index (χ1n) is 11.3. The van der Waals surface area contributed by atoms with E-state index in [9.17, 15) is 14.4 Å². The van der Waals surface area contributed by atoms with Crippen LogP contribution in [0.15, 0.2) is 18.2 Å². The Morgan fingerprint density at radius 1 is 0.967 bits per heavy atom. The number of imide groups is 1. The van der Waals surface area contributed by atoms with Crippen molar-refractivity contribution in [3.63, 3.8) is 0 Å². The number of hydrogen-bond acceptors (Lipinski definition) is 5. The molecule has 160 valence electrons. The maximum Gasteiger partial charge on any atom is 0.255 e. The molecule has 3 heterocycles. The van der Waals surface area contributed by atoms with E-state index in [1.54, 1.807) is 4.90 Å². The summed E-state index contributed by atoms with van der Waals surface area (Å²) >= 11 is 0. The molecule has 30 heavy (non-hydrogen) atoms. The first-order chi connectivity index (χ1) is 14.6. The molecule has 0 aromatic heterocycles. The van der Waals surface area contributed by atoms with Crippen molar-refractivity contribution >= 4 is 17.7 Å². The second-order valence-electron chi connectivity index (χ2n) is 8.97. The summed E-state index contributed by atoms with van der Waals surface area (Å²) in [4.78, 5) is 40.7. The van der Waals surface area contributed by atoms with Crippen molar-refractivity contribution in [3.05, 3.63) is 29.3 Å². The summed E-state index contributed by atoms with van der Waals surface area (Å²) in [5, 5.41) is 2.35. The molecule has 0 spiro atoms. The number of fused-ring (bicyclic) bond motifs is 1. The highest BCUT2D eigenvalue weighted by Crippen LogP contribution is 2.33. The molecule has 3 aliphatic heterocycles. The molecule has 2 saturated heterocycles. The van der Waals surface area contributed by atoms with Gasteiger partial charge >= 0.3 is 0 Å². The van der Waals surface area contributed by atoms with Crippen molar-refractivity contribution in [3.8, 4) is 5.75 Å². The number of nitrogens with zero attached hydrogens (tertiary/aromatic N) is 2. The molecule has 1 aromatic rings. The Hall–Kier alpha value is -2.41. The van der Waals surface area contributed by atoms with Crippen LogP contribution in [0.1, 0.15) is 67.3 Å². The number of hydrogen-bond donors (Lipinski definition) is 1. The molecule has 3 amide bonds. The zero-order valence-corrected chi connectivity index (χ0v) is 17.3. The van der Waals surface area contributed by atoms with Gasteiger partial charge in [-0.2, -0.15) is 0 Å². The van der Waals surface area contributed by atoms with Crippen LogP contribution in [0.4, 0.5) is 0 Å². The monoisotopic (exact) mass is 411 g/mol. The van der Waals surface area contributed by atoms with Gasteiger partial charge in [-0.3, -0.25) is 24.6 Å². The Morgan fingerprint density at radius 3 is 2.60 bits per heavy atom. The number of piperidine rings is 2. The Morgan fingerprint density at radius 2 is 1.80 bits per heavy atom. The lowest BCUT2D eigenvalue weighted by atomic mass is 10.0. The first kappa shape index (κ1) is 19.5. The van der Waals surface area contributed by atoms with E-state index in [4.69, 9.17) is 4.74 Å². The molecule has 0 bridgehead atoms. The van der Waals surface area contributed by atoms with Crippen LogP contribution in [0.2, 0.25) is 0 Å². The van der Waals surface area contributed by atoms with E-state index >= 15 is 0 Å². The quantitative estimate of drug-likeness (QED) is 0.769. The summed E-state index contributed by atoms with van der Waals surface area (Å²) in [7, 11) is 0. The fourth-order valence-electron chi connectivity index (χ4n) is 5.51. The third-order valence-corrected chi connectivity index (χ3v) is 7.06. The molecule has 1 aliphatic carbocycles. The number of amides is 3. The van der Waals surface area contributed by atoms with E-state index < -0.39 is 6.04 Å². The maximum absolute atomic E-state index is 12.9. The lowest BCUT2D eigenvalue weighted by Crippen LogP contribution is -2.52. The van der Waals surface area contributed by atoms with Gasteiger partial charge in [0.25, 0.3) is 5.91 Å². The number of benzene rings is 1. The Labute approximate surface area is 176 Å². The van der Waals surface area contributed by atoms with Crippen LogP contribution in [0, 0.1) is 0 Å². The van der Waals surface area contributed by atoms with Crippen LogP contribution in [0.25, 0.3) is 0 Å². The number of ether oxygens (including phenoxy) is 1. The van der Waals surface area contributed by atoms with Gasteiger partial charge in [0.05, 0.1) is 0 Å². The van der Waals surface area contributed by atoms with Crippen LogP contribution in [0.5, 0.6) is 5.75 Å². The first-order valence-corrected chi connectivity index (χ1v) is 11.3. The van der Waals surface area contributed by atoms with Gasteiger partial charge < -0.3 is 9.64 Å². The third-order valence-electron chi connectivity index (χ3n) is 7.06. The maximum atomic E-state index is 12.9. The van der Waals surface area contributed by atoms with Gasteiger partial charge in [-0.05, 0) is 75.4 Å². The lowest BCUT2D eigenvalue weighted by Gasteiger charge is -2.35. The summed E-state index contributed by atoms with van der Waals surface area (Å²) in [5.41, 5.74) is 1.53. The molecule has 1 aromatic carbocycles. The summed E-state index contributed by atoms with van der Waals surface area (Å²) in [5.74, 6) is 0.0221. The number of likely N-dealkylation sites (tertiary alicyclic amines) is 1. The molecule has 7 heteroatoms. The van der Waals surface area contributed by atoms with Crippen molar-refractivity contribution in [2.45, 2.75) is 76.1 Å². The Bertz CT molecular complexity index is 864. The van der Waals surface area contributed by atoms with Gasteiger partial charge in [0, 0.05) is 24.6 Å². The van der Waals surface area contributed by atoms with Crippen molar-refractivity contribution in [2.24, 2.45) is 0 Å². The molecular formula is C23H29N3O4. The second-order valence-corrected chi connectivity index (χ2v) is 8.97. The highest BCUT2D eigenvalue weighted by molar-refractivity contribution is 6.05. The van der Waals surface area contributed by atoms with E-state index in [1.807, 2.05) is 18.2 Å². The predicted octanol–water partition coefficient (Wildman–Crippen LogP) is 2.23. The van der Waals surface area contributed by atoms with Crippen LogP contribution in [-0.2, 0) is 16.1 Å². The molecule has 3 atom stereocenters. The van der Waals surface area contributed by atoms with E-state index in [-0.39, 0.29) is 30.2 Å². The van der Waals surface area contributed by atoms with E-state index in [2.05, 4.69) is 10.2 Å². The minimum absolute atomic E-state index is 0.141. The smallest absolute Gasteiger partial charge is 0.255 e. The lowest BCUT2D eigenvalue weighted by molar-refractivity contribution is -0.136. The van der Waals surface area contributed by atoms with Crippen molar-refractivity contribution in [1.29, 1.82) is 0 Å². The van der Waals surface area contributed by atoms with Gasteiger partial charge in [-0.25, -0.2) is 0 Å². The third kappa shape index (κ3) is 3.60. The Kier molecular flexibility index (Phi) is 5.23. The largest absolute Gasteiger partial charge is 0.489 e. The number of rotatable bonds is 4. The zero-order chi connectivity index (χ0) is 20.7. The molecule has 3 fully saturated rings. The average Bonchev–Trinajstić information content (AvgIpc) is 3.33. The molecular weight excluding hydrogens is 382 g/mol. The Balaban J connectivity index is 1.28. The van der Waals surface area contributed by atoms with Crippen LogP contribution in [0.3, 0.4) is 0 Å². The molecule has 7 nitrogen and oxygen atoms in total. The zero-order valence-electron chi connectivity index (χ0n) is 17.3. The number of nitrogens with one attached hydrogen (secondary N) is 1.